The van der Waals surface area contributed by atoms with Crippen LogP contribution >= 0.6 is 11.8 Å². The minimum Gasteiger partial charge on any atom is -0.391 e. The van der Waals surface area contributed by atoms with E-state index in [-0.39, 0.29) is 12.4 Å². The monoisotopic (exact) mass is 241 g/mol. The lowest BCUT2D eigenvalue weighted by Crippen LogP contribution is -2.37. The molecule has 1 N–H and O–H groups in total. The average Bonchev–Trinajstić information content (AvgIpc) is 2.28. The molecule has 16 heavy (non-hydrogen) atoms. The fraction of sp³-hybridized carbons (Fsp3) is 0.500. The Morgan fingerprint density at radius 2 is 2.38 bits per heavy atom. The molecule has 0 spiro atoms. The van der Waals surface area contributed by atoms with Crippen molar-refractivity contribution in [3.63, 3.8) is 0 Å². The number of aliphatic hydroxyl groups is 1. The van der Waals surface area contributed by atoms with Crippen LogP contribution in [0.15, 0.2) is 18.2 Å². The lowest BCUT2D eigenvalue weighted by Gasteiger charge is -2.33. The second kappa shape index (κ2) is 5.06. The Morgan fingerprint density at radius 1 is 1.56 bits per heavy atom. The standard InChI is InChI=1S/C12H16FNOS/c1-9-7-14(5-6-16-9)12-4-2-3-11(13)10(12)8-15/h2-4,9,15H,5-8H2,1H3. The Balaban J connectivity index is 2.28. The summed E-state index contributed by atoms with van der Waals surface area (Å²) in [5.41, 5.74) is 1.26. The SMILES string of the molecule is CC1CN(c2cccc(F)c2CO)CCS1. The summed E-state index contributed by atoms with van der Waals surface area (Å²) in [7, 11) is 0. The summed E-state index contributed by atoms with van der Waals surface area (Å²) in [6.45, 7) is 3.78. The van der Waals surface area contributed by atoms with Gasteiger partial charge in [-0.2, -0.15) is 11.8 Å². The first kappa shape index (κ1) is 11.7. The Hall–Kier alpha value is -0.740. The van der Waals surface area contributed by atoms with Gasteiger partial charge in [0.1, 0.15) is 5.82 Å². The van der Waals surface area contributed by atoms with Crippen LogP contribution in [-0.2, 0) is 6.61 Å². The smallest absolute Gasteiger partial charge is 0.130 e. The van der Waals surface area contributed by atoms with Crippen molar-refractivity contribution < 1.29 is 9.50 Å². The second-order valence-corrected chi connectivity index (χ2v) is 5.57. The third-order valence-corrected chi connectivity index (χ3v) is 3.97. The van der Waals surface area contributed by atoms with Crippen molar-refractivity contribution in [1.29, 1.82) is 0 Å². The first-order chi connectivity index (χ1) is 7.72. The molecular weight excluding hydrogens is 225 g/mol. The van der Waals surface area contributed by atoms with Gasteiger partial charge in [-0.05, 0) is 12.1 Å². The number of hydrogen-bond donors (Lipinski definition) is 1. The third kappa shape index (κ3) is 2.33. The topological polar surface area (TPSA) is 23.5 Å². The molecule has 1 aromatic rings. The minimum absolute atomic E-state index is 0.236. The van der Waals surface area contributed by atoms with Crippen molar-refractivity contribution in [3.05, 3.63) is 29.6 Å². The number of anilines is 1. The van der Waals surface area contributed by atoms with Crippen molar-refractivity contribution in [2.24, 2.45) is 0 Å². The van der Waals surface area contributed by atoms with Crippen LogP contribution in [0.3, 0.4) is 0 Å². The van der Waals surface area contributed by atoms with Gasteiger partial charge >= 0.3 is 0 Å². The molecule has 0 amide bonds. The van der Waals surface area contributed by atoms with Gasteiger partial charge < -0.3 is 10.0 Å². The van der Waals surface area contributed by atoms with Gasteiger partial charge in [-0.1, -0.05) is 13.0 Å². The summed E-state index contributed by atoms with van der Waals surface area (Å²) in [6.07, 6.45) is 0. The summed E-state index contributed by atoms with van der Waals surface area (Å²) in [5, 5.41) is 9.78. The first-order valence-corrected chi connectivity index (χ1v) is 6.52. The molecule has 0 aliphatic carbocycles. The molecule has 0 bridgehead atoms. The van der Waals surface area contributed by atoms with Crippen LogP contribution in [0.4, 0.5) is 10.1 Å². The van der Waals surface area contributed by atoms with E-state index in [4.69, 9.17) is 0 Å². The van der Waals surface area contributed by atoms with Crippen molar-refractivity contribution in [3.8, 4) is 0 Å². The van der Waals surface area contributed by atoms with Crippen LogP contribution < -0.4 is 4.90 Å². The van der Waals surface area contributed by atoms with E-state index in [2.05, 4.69) is 11.8 Å². The summed E-state index contributed by atoms with van der Waals surface area (Å²) in [4.78, 5) is 2.16. The molecule has 1 aliphatic heterocycles. The number of thioether (sulfide) groups is 1. The second-order valence-electron chi connectivity index (χ2n) is 4.02. The van der Waals surface area contributed by atoms with E-state index in [0.717, 1.165) is 24.5 Å². The molecule has 1 aromatic carbocycles. The van der Waals surface area contributed by atoms with Gasteiger partial charge in [0, 0.05) is 35.3 Å². The molecule has 4 heteroatoms. The third-order valence-electron chi connectivity index (χ3n) is 2.83. The van der Waals surface area contributed by atoms with E-state index in [1.54, 1.807) is 6.07 Å². The molecule has 1 aliphatic rings. The van der Waals surface area contributed by atoms with E-state index in [1.807, 2.05) is 17.8 Å². The molecule has 2 rings (SSSR count). The van der Waals surface area contributed by atoms with Crippen LogP contribution in [0.1, 0.15) is 12.5 Å². The maximum Gasteiger partial charge on any atom is 0.130 e. The Kier molecular flexibility index (Phi) is 3.71. The summed E-state index contributed by atoms with van der Waals surface area (Å²) in [6, 6.07) is 4.99. The van der Waals surface area contributed by atoms with Crippen molar-refractivity contribution in [2.45, 2.75) is 18.8 Å². The van der Waals surface area contributed by atoms with Gasteiger partial charge in [0.15, 0.2) is 0 Å². The number of benzene rings is 1. The average molecular weight is 241 g/mol. The van der Waals surface area contributed by atoms with Crippen molar-refractivity contribution in [1.82, 2.24) is 0 Å². The van der Waals surface area contributed by atoms with Crippen molar-refractivity contribution >= 4 is 17.4 Å². The summed E-state index contributed by atoms with van der Waals surface area (Å²) < 4.78 is 13.5. The minimum atomic E-state index is -0.314. The van der Waals surface area contributed by atoms with Gasteiger partial charge in [-0.15, -0.1) is 0 Å². The van der Waals surface area contributed by atoms with Crippen LogP contribution in [0, 0.1) is 5.82 Å². The molecular formula is C12H16FNOS. The largest absolute Gasteiger partial charge is 0.391 e. The van der Waals surface area contributed by atoms with E-state index in [1.165, 1.54) is 6.07 Å². The fourth-order valence-corrected chi connectivity index (χ4v) is 3.05. The zero-order valence-corrected chi connectivity index (χ0v) is 10.1. The Bertz CT molecular complexity index is 372. The molecule has 0 aromatic heterocycles. The first-order valence-electron chi connectivity index (χ1n) is 5.47. The lowest BCUT2D eigenvalue weighted by atomic mass is 10.1. The highest BCUT2D eigenvalue weighted by Crippen LogP contribution is 2.28. The van der Waals surface area contributed by atoms with Gasteiger partial charge in [0.25, 0.3) is 0 Å². The summed E-state index contributed by atoms with van der Waals surface area (Å²) >= 11 is 1.94. The lowest BCUT2D eigenvalue weighted by molar-refractivity contribution is 0.276. The highest BCUT2D eigenvalue weighted by atomic mass is 32.2. The van der Waals surface area contributed by atoms with E-state index in [9.17, 15) is 9.50 Å². The molecule has 2 nitrogen and oxygen atoms in total. The van der Waals surface area contributed by atoms with Crippen molar-refractivity contribution in [2.75, 3.05) is 23.7 Å². The predicted octanol–water partition coefficient (Wildman–Crippen LogP) is 2.26. The normalized spacial score (nSPS) is 21.2. The predicted molar refractivity (Wildman–Crippen MR) is 66.5 cm³/mol. The molecule has 1 fully saturated rings. The summed E-state index contributed by atoms with van der Waals surface area (Å²) in [5.74, 6) is 0.744. The highest BCUT2D eigenvalue weighted by Gasteiger charge is 2.20. The Morgan fingerprint density at radius 3 is 3.06 bits per heavy atom. The van der Waals surface area contributed by atoms with Gasteiger partial charge in [-0.25, -0.2) is 4.39 Å². The number of aliphatic hydroxyl groups excluding tert-OH is 1. The molecule has 1 atom stereocenters. The van der Waals surface area contributed by atoms with Gasteiger partial charge in [0.05, 0.1) is 6.61 Å². The fourth-order valence-electron chi connectivity index (χ4n) is 2.04. The maximum absolute atomic E-state index is 13.5. The zero-order chi connectivity index (χ0) is 11.5. The maximum atomic E-state index is 13.5. The number of nitrogens with zero attached hydrogens (tertiary/aromatic N) is 1. The molecule has 1 saturated heterocycles. The highest BCUT2D eigenvalue weighted by molar-refractivity contribution is 8.00. The molecule has 1 heterocycles. The van der Waals surface area contributed by atoms with Crippen LogP contribution in [0.2, 0.25) is 0 Å². The quantitative estimate of drug-likeness (QED) is 0.859. The molecule has 0 saturated carbocycles. The number of halogens is 1. The zero-order valence-electron chi connectivity index (χ0n) is 9.32. The van der Waals surface area contributed by atoms with Gasteiger partial charge in [-0.3, -0.25) is 0 Å². The van der Waals surface area contributed by atoms with E-state index in [0.29, 0.717) is 10.8 Å². The molecule has 0 radical (unpaired) electrons. The van der Waals surface area contributed by atoms with Crippen LogP contribution in [0.25, 0.3) is 0 Å². The van der Waals surface area contributed by atoms with E-state index >= 15 is 0 Å². The van der Waals surface area contributed by atoms with E-state index < -0.39 is 0 Å². The van der Waals surface area contributed by atoms with Crippen LogP contribution in [0.5, 0.6) is 0 Å². The molecule has 88 valence electrons. The molecule has 1 unspecified atom stereocenters. The van der Waals surface area contributed by atoms with Gasteiger partial charge in [0.2, 0.25) is 0 Å². The van der Waals surface area contributed by atoms with Crippen LogP contribution in [-0.4, -0.2) is 29.2 Å². The number of rotatable bonds is 2. The Labute approximate surface area is 99.5 Å². The number of hydrogen-bond acceptors (Lipinski definition) is 3.